The van der Waals surface area contributed by atoms with Gasteiger partial charge in [0.2, 0.25) is 5.91 Å². The van der Waals surface area contributed by atoms with Gasteiger partial charge in [-0.15, -0.1) is 0 Å². The largest absolute Gasteiger partial charge is 0.325 e. The summed E-state index contributed by atoms with van der Waals surface area (Å²) in [6.07, 6.45) is 0.106. The number of nitrogens with zero attached hydrogens (tertiary/aromatic N) is 3. The van der Waals surface area contributed by atoms with Gasteiger partial charge in [0.25, 0.3) is 5.91 Å². The summed E-state index contributed by atoms with van der Waals surface area (Å²) in [6.45, 7) is 5.01. The summed E-state index contributed by atoms with van der Waals surface area (Å²) in [5.41, 5.74) is 1.61. The van der Waals surface area contributed by atoms with E-state index in [9.17, 15) is 14.4 Å². The average molecular weight is 439 g/mol. The first-order valence-electron chi connectivity index (χ1n) is 9.82. The first-order valence-corrected chi connectivity index (χ1v) is 10.2. The molecular weight excluding hydrogens is 416 g/mol. The molecule has 2 aromatic carbocycles. The van der Waals surface area contributed by atoms with Crippen LogP contribution in [0, 0.1) is 25.2 Å². The van der Waals surface area contributed by atoms with Crippen LogP contribution in [0.25, 0.3) is 0 Å². The molecule has 160 valence electrons. The van der Waals surface area contributed by atoms with Crippen LogP contribution in [0.15, 0.2) is 42.5 Å². The molecular formula is C23H23ClN4O3. The van der Waals surface area contributed by atoms with E-state index in [-0.39, 0.29) is 13.0 Å². The topological polar surface area (TPSA) is 93.5 Å². The summed E-state index contributed by atoms with van der Waals surface area (Å²) in [4.78, 5) is 41.3. The van der Waals surface area contributed by atoms with Crippen molar-refractivity contribution in [2.45, 2.75) is 32.7 Å². The Balaban J connectivity index is 1.87. The van der Waals surface area contributed by atoms with E-state index in [1.807, 2.05) is 32.0 Å². The second-order valence-electron chi connectivity index (χ2n) is 7.65. The van der Waals surface area contributed by atoms with Gasteiger partial charge in [-0.05, 0) is 55.7 Å². The van der Waals surface area contributed by atoms with Crippen molar-refractivity contribution >= 4 is 35.1 Å². The number of anilines is 1. The van der Waals surface area contributed by atoms with Crippen molar-refractivity contribution < 1.29 is 14.4 Å². The van der Waals surface area contributed by atoms with Gasteiger partial charge in [0, 0.05) is 17.3 Å². The Kier molecular flexibility index (Phi) is 6.32. The number of benzene rings is 2. The van der Waals surface area contributed by atoms with Crippen LogP contribution in [-0.4, -0.2) is 35.8 Å². The summed E-state index contributed by atoms with van der Waals surface area (Å²) < 4.78 is 0. The number of amides is 4. The molecule has 1 saturated heterocycles. The maximum absolute atomic E-state index is 13.2. The summed E-state index contributed by atoms with van der Waals surface area (Å²) in [7, 11) is 0. The van der Waals surface area contributed by atoms with Gasteiger partial charge in [-0.2, -0.15) is 5.26 Å². The van der Waals surface area contributed by atoms with Crippen LogP contribution < -0.4 is 10.2 Å². The predicted molar refractivity (Wildman–Crippen MR) is 118 cm³/mol. The van der Waals surface area contributed by atoms with Crippen LogP contribution in [0.1, 0.15) is 30.0 Å². The van der Waals surface area contributed by atoms with Crippen LogP contribution >= 0.6 is 11.6 Å². The third-order valence-electron chi connectivity index (χ3n) is 5.45. The second-order valence-corrected chi connectivity index (χ2v) is 8.06. The smallest absolute Gasteiger partial charge is 0.319 e. The molecule has 1 heterocycles. The maximum atomic E-state index is 13.2. The molecule has 1 unspecified atom stereocenters. The van der Waals surface area contributed by atoms with Gasteiger partial charge < -0.3 is 10.2 Å². The highest BCUT2D eigenvalue weighted by Gasteiger charge is 2.50. The van der Waals surface area contributed by atoms with E-state index in [1.54, 1.807) is 37.3 Å². The molecule has 3 rings (SSSR count). The highest BCUT2D eigenvalue weighted by molar-refractivity contribution is 6.31. The average Bonchev–Trinajstić information content (AvgIpc) is 2.95. The molecule has 1 fully saturated rings. The predicted octanol–water partition coefficient (Wildman–Crippen LogP) is 3.67. The molecule has 1 aliphatic heterocycles. The van der Waals surface area contributed by atoms with Crippen LogP contribution in [0.2, 0.25) is 5.02 Å². The van der Waals surface area contributed by atoms with Crippen molar-refractivity contribution in [3.63, 3.8) is 0 Å². The van der Waals surface area contributed by atoms with E-state index in [1.165, 1.54) is 4.90 Å². The van der Waals surface area contributed by atoms with Crippen LogP contribution in [0.3, 0.4) is 0 Å². The number of carbonyl (C=O) groups excluding carboxylic acids is 3. The molecule has 1 N–H and O–H groups in total. The third-order valence-corrected chi connectivity index (χ3v) is 5.88. The molecule has 31 heavy (non-hydrogen) atoms. The standard InChI is InChI=1S/C23H23ClN4O3/c1-15-7-4-5-8-18(15)23(3)21(30)28(22(31)26-23)14-20(29)27(12-6-11-25)17-9-10-19(24)16(2)13-17/h4-5,7-10,13H,6,12,14H2,1-3H3,(H,26,31). The van der Waals surface area contributed by atoms with Crippen molar-refractivity contribution in [3.05, 3.63) is 64.2 Å². The molecule has 1 aliphatic rings. The molecule has 7 nitrogen and oxygen atoms in total. The number of hydrogen-bond donors (Lipinski definition) is 1. The molecule has 0 aliphatic carbocycles. The number of carbonyl (C=O) groups is 3. The lowest BCUT2D eigenvalue weighted by Crippen LogP contribution is -2.45. The van der Waals surface area contributed by atoms with Gasteiger partial charge in [0.05, 0.1) is 12.5 Å². The lowest BCUT2D eigenvalue weighted by atomic mass is 9.88. The Morgan fingerprint density at radius 2 is 1.90 bits per heavy atom. The fourth-order valence-electron chi connectivity index (χ4n) is 3.73. The number of nitrogens with one attached hydrogen (secondary N) is 1. The van der Waals surface area contributed by atoms with E-state index in [4.69, 9.17) is 16.9 Å². The first kappa shape index (κ1) is 22.3. The zero-order valence-corrected chi connectivity index (χ0v) is 18.4. The van der Waals surface area contributed by atoms with E-state index >= 15 is 0 Å². The van der Waals surface area contributed by atoms with E-state index < -0.39 is 29.9 Å². The fourth-order valence-corrected chi connectivity index (χ4v) is 3.85. The van der Waals surface area contributed by atoms with Crippen LogP contribution in [0.5, 0.6) is 0 Å². The van der Waals surface area contributed by atoms with Crippen LogP contribution in [-0.2, 0) is 15.1 Å². The fraction of sp³-hybridized carbons (Fsp3) is 0.304. The Labute approximate surface area is 186 Å². The van der Waals surface area contributed by atoms with Gasteiger partial charge in [0.15, 0.2) is 0 Å². The Morgan fingerprint density at radius 3 is 2.55 bits per heavy atom. The normalized spacial score (nSPS) is 18.0. The van der Waals surface area contributed by atoms with Gasteiger partial charge >= 0.3 is 6.03 Å². The van der Waals surface area contributed by atoms with Crippen molar-refractivity contribution in [2.75, 3.05) is 18.0 Å². The highest BCUT2D eigenvalue weighted by Crippen LogP contribution is 2.31. The minimum Gasteiger partial charge on any atom is -0.319 e. The van der Waals surface area contributed by atoms with Crippen LogP contribution in [0.4, 0.5) is 10.5 Å². The zero-order chi connectivity index (χ0) is 22.8. The lowest BCUT2D eigenvalue weighted by molar-refractivity contribution is -0.134. The van der Waals surface area contributed by atoms with Crippen molar-refractivity contribution in [2.24, 2.45) is 0 Å². The minimum atomic E-state index is -1.25. The Morgan fingerprint density at radius 1 is 1.19 bits per heavy atom. The van der Waals surface area contributed by atoms with E-state index in [0.29, 0.717) is 16.3 Å². The summed E-state index contributed by atoms with van der Waals surface area (Å²) in [5, 5.41) is 12.3. The molecule has 4 amide bonds. The number of urea groups is 1. The van der Waals surface area contributed by atoms with Crippen molar-refractivity contribution in [1.29, 1.82) is 5.26 Å². The van der Waals surface area contributed by atoms with Crippen molar-refractivity contribution in [1.82, 2.24) is 10.2 Å². The number of hydrogen-bond acceptors (Lipinski definition) is 4. The monoisotopic (exact) mass is 438 g/mol. The minimum absolute atomic E-state index is 0.106. The molecule has 0 radical (unpaired) electrons. The third kappa shape index (κ3) is 4.25. The molecule has 0 aromatic heterocycles. The Hall–Kier alpha value is -3.37. The van der Waals surface area contributed by atoms with Gasteiger partial charge in [-0.1, -0.05) is 35.9 Å². The van der Waals surface area contributed by atoms with Gasteiger partial charge in [0.1, 0.15) is 12.1 Å². The summed E-state index contributed by atoms with van der Waals surface area (Å²) in [5.74, 6) is -0.956. The summed E-state index contributed by atoms with van der Waals surface area (Å²) >= 11 is 6.09. The Bertz CT molecular complexity index is 1090. The molecule has 1 atom stereocenters. The molecule has 0 bridgehead atoms. The van der Waals surface area contributed by atoms with E-state index in [0.717, 1.165) is 16.0 Å². The number of aryl methyl sites for hydroxylation is 2. The number of rotatable bonds is 6. The summed E-state index contributed by atoms with van der Waals surface area (Å²) in [6, 6.07) is 13.8. The molecule has 0 spiro atoms. The SMILES string of the molecule is Cc1cc(N(CCC#N)C(=O)CN2C(=O)NC(C)(c3ccccc3C)C2=O)ccc1Cl. The molecule has 0 saturated carbocycles. The number of halogens is 1. The quantitative estimate of drug-likeness (QED) is 0.696. The number of nitriles is 1. The first-order chi connectivity index (χ1) is 14.7. The van der Waals surface area contributed by atoms with Gasteiger partial charge in [-0.25, -0.2) is 4.79 Å². The lowest BCUT2D eigenvalue weighted by Gasteiger charge is -2.26. The van der Waals surface area contributed by atoms with Crippen molar-refractivity contribution in [3.8, 4) is 6.07 Å². The molecule has 2 aromatic rings. The number of imide groups is 1. The maximum Gasteiger partial charge on any atom is 0.325 e. The molecule has 8 heteroatoms. The zero-order valence-electron chi connectivity index (χ0n) is 17.6. The van der Waals surface area contributed by atoms with E-state index in [2.05, 4.69) is 5.32 Å². The highest BCUT2D eigenvalue weighted by atomic mass is 35.5. The van der Waals surface area contributed by atoms with Gasteiger partial charge in [-0.3, -0.25) is 14.5 Å². The second kappa shape index (κ2) is 8.78.